The molecular formula is C22H35N5O4. The summed E-state index contributed by atoms with van der Waals surface area (Å²) in [6, 6.07) is 1.42. The third kappa shape index (κ3) is 8.28. The van der Waals surface area contributed by atoms with Gasteiger partial charge in [0, 0.05) is 24.8 Å². The van der Waals surface area contributed by atoms with Crippen molar-refractivity contribution in [1.29, 1.82) is 0 Å². The predicted molar refractivity (Wildman–Crippen MR) is 121 cm³/mol. The van der Waals surface area contributed by atoms with Gasteiger partial charge in [-0.15, -0.1) is 0 Å². The lowest BCUT2D eigenvalue weighted by Crippen LogP contribution is -2.20. The largest absolute Gasteiger partial charge is 0.393 e. The van der Waals surface area contributed by atoms with E-state index >= 15 is 0 Å². The molecule has 1 aliphatic carbocycles. The average molecular weight is 434 g/mol. The summed E-state index contributed by atoms with van der Waals surface area (Å²) in [6.07, 6.45) is 10.0. The smallest absolute Gasteiger partial charge is 0.229 e. The Morgan fingerprint density at radius 3 is 2.74 bits per heavy atom. The SMILES string of the molecule is CCCCC[C@H](O)/C=C/[C@@H]1[C@@H](C/C=C/CC(=O)Nc2cc(N)nc(N)n2)[C@@H](O)C[C@H]1O. The molecule has 1 aromatic rings. The van der Waals surface area contributed by atoms with Crippen LogP contribution in [0.15, 0.2) is 30.4 Å². The second-order valence-corrected chi connectivity index (χ2v) is 8.06. The third-order valence-corrected chi connectivity index (χ3v) is 5.48. The van der Waals surface area contributed by atoms with Gasteiger partial charge in [-0.1, -0.05) is 50.5 Å². The number of hydrogen-bond acceptors (Lipinski definition) is 8. The number of nitrogens with two attached hydrogens (primary N) is 2. The molecule has 9 heteroatoms. The van der Waals surface area contributed by atoms with Gasteiger partial charge in [-0.3, -0.25) is 4.79 Å². The Bertz CT molecular complexity index is 750. The first-order valence-corrected chi connectivity index (χ1v) is 10.9. The van der Waals surface area contributed by atoms with Crippen molar-refractivity contribution in [2.24, 2.45) is 11.8 Å². The van der Waals surface area contributed by atoms with Crippen molar-refractivity contribution in [3.05, 3.63) is 30.4 Å². The molecule has 1 aromatic heterocycles. The molecule has 1 amide bonds. The number of amides is 1. The van der Waals surface area contributed by atoms with E-state index in [0.29, 0.717) is 19.3 Å². The van der Waals surface area contributed by atoms with Crippen LogP contribution >= 0.6 is 0 Å². The molecule has 2 rings (SSSR count). The van der Waals surface area contributed by atoms with Crippen LogP contribution < -0.4 is 16.8 Å². The van der Waals surface area contributed by atoms with E-state index in [-0.39, 0.29) is 41.7 Å². The summed E-state index contributed by atoms with van der Waals surface area (Å²) in [7, 11) is 0. The number of aromatic nitrogens is 2. The molecular weight excluding hydrogens is 398 g/mol. The monoisotopic (exact) mass is 433 g/mol. The highest BCUT2D eigenvalue weighted by atomic mass is 16.3. The molecule has 31 heavy (non-hydrogen) atoms. The number of aliphatic hydroxyl groups excluding tert-OH is 3. The molecule has 1 saturated carbocycles. The average Bonchev–Trinajstić information content (AvgIpc) is 2.95. The van der Waals surface area contributed by atoms with Crippen molar-refractivity contribution in [2.75, 3.05) is 16.8 Å². The van der Waals surface area contributed by atoms with Crippen LogP contribution in [-0.2, 0) is 4.79 Å². The summed E-state index contributed by atoms with van der Waals surface area (Å²) in [5, 5.41) is 33.3. The van der Waals surface area contributed by atoms with Crippen molar-refractivity contribution in [2.45, 2.75) is 70.2 Å². The standard InChI is InChI=1S/C22H35N5O4/c1-2-3-4-7-14(28)10-11-16-15(17(29)12-18(16)30)8-5-6-9-21(31)26-20-13-19(23)25-22(24)27-20/h5-6,10-11,13-18,28-30H,2-4,7-9,12H2,1H3,(H5,23,24,25,26,27,31)/b6-5+,11-10+/t14-,15+,16+,17-,18+/m0/s1. The van der Waals surface area contributed by atoms with E-state index in [4.69, 9.17) is 11.5 Å². The van der Waals surface area contributed by atoms with Crippen LogP contribution in [0.2, 0.25) is 0 Å². The lowest BCUT2D eigenvalue weighted by Gasteiger charge is -2.19. The molecule has 0 radical (unpaired) electrons. The van der Waals surface area contributed by atoms with Crippen LogP contribution in [0.1, 0.15) is 51.9 Å². The number of aliphatic hydroxyl groups is 3. The van der Waals surface area contributed by atoms with Crippen LogP contribution in [0.25, 0.3) is 0 Å². The summed E-state index contributed by atoms with van der Waals surface area (Å²) in [5.74, 6) is -0.306. The number of carbonyl (C=O) groups excluding carboxylic acids is 1. The number of allylic oxidation sites excluding steroid dienone is 1. The Hall–Kier alpha value is -2.49. The van der Waals surface area contributed by atoms with Crippen LogP contribution in [0.5, 0.6) is 0 Å². The molecule has 1 aliphatic rings. The molecule has 1 fully saturated rings. The second kappa shape index (κ2) is 12.4. The van der Waals surface area contributed by atoms with Crippen molar-refractivity contribution < 1.29 is 20.1 Å². The Morgan fingerprint density at radius 1 is 1.26 bits per heavy atom. The second-order valence-electron chi connectivity index (χ2n) is 8.06. The minimum atomic E-state index is -0.649. The number of hydrogen-bond donors (Lipinski definition) is 6. The highest BCUT2D eigenvalue weighted by Gasteiger charge is 2.39. The van der Waals surface area contributed by atoms with E-state index in [9.17, 15) is 20.1 Å². The highest BCUT2D eigenvalue weighted by molar-refractivity contribution is 5.91. The van der Waals surface area contributed by atoms with Crippen molar-refractivity contribution in [3.63, 3.8) is 0 Å². The first kappa shape index (κ1) is 24.8. The molecule has 9 nitrogen and oxygen atoms in total. The summed E-state index contributed by atoms with van der Waals surface area (Å²) in [4.78, 5) is 19.7. The molecule has 0 unspecified atom stereocenters. The maximum Gasteiger partial charge on any atom is 0.229 e. The topological polar surface area (TPSA) is 168 Å². The van der Waals surface area contributed by atoms with Crippen molar-refractivity contribution in [1.82, 2.24) is 9.97 Å². The Labute approximate surface area is 183 Å². The van der Waals surface area contributed by atoms with Gasteiger partial charge in [-0.2, -0.15) is 9.97 Å². The fraction of sp³-hybridized carbons (Fsp3) is 0.591. The molecule has 0 aromatic carbocycles. The zero-order valence-corrected chi connectivity index (χ0v) is 18.0. The maximum absolute atomic E-state index is 12.1. The van der Waals surface area contributed by atoms with Gasteiger partial charge in [-0.25, -0.2) is 0 Å². The number of nitrogens with one attached hydrogen (secondary N) is 1. The van der Waals surface area contributed by atoms with E-state index in [1.165, 1.54) is 6.07 Å². The molecule has 8 N–H and O–H groups in total. The van der Waals surface area contributed by atoms with Crippen LogP contribution in [-0.4, -0.2) is 49.5 Å². The van der Waals surface area contributed by atoms with Gasteiger partial charge in [0.05, 0.1) is 18.3 Å². The minimum absolute atomic E-state index is 0.0193. The van der Waals surface area contributed by atoms with Gasteiger partial charge in [0.25, 0.3) is 0 Å². The number of nitrogens with zero attached hydrogens (tertiary/aromatic N) is 2. The summed E-state index contributed by atoms with van der Waals surface area (Å²) in [6.45, 7) is 2.11. The number of rotatable bonds is 11. The van der Waals surface area contributed by atoms with Gasteiger partial charge in [0.2, 0.25) is 11.9 Å². The maximum atomic E-state index is 12.1. The van der Waals surface area contributed by atoms with Crippen molar-refractivity contribution >= 4 is 23.5 Å². The van der Waals surface area contributed by atoms with E-state index in [1.807, 2.05) is 12.2 Å². The van der Waals surface area contributed by atoms with E-state index in [2.05, 4.69) is 22.2 Å². The Balaban J connectivity index is 1.84. The fourth-order valence-corrected chi connectivity index (χ4v) is 3.85. The zero-order chi connectivity index (χ0) is 22.8. The molecule has 0 bridgehead atoms. The van der Waals surface area contributed by atoms with Crippen LogP contribution in [0.3, 0.4) is 0 Å². The molecule has 1 heterocycles. The van der Waals surface area contributed by atoms with Gasteiger partial charge < -0.3 is 32.1 Å². The van der Waals surface area contributed by atoms with Crippen LogP contribution in [0.4, 0.5) is 17.6 Å². The normalized spacial score (nSPS) is 24.8. The molecule has 0 saturated heterocycles. The van der Waals surface area contributed by atoms with E-state index in [1.54, 1.807) is 12.2 Å². The predicted octanol–water partition coefficient (Wildman–Crippen LogP) is 1.77. The number of unbranched alkanes of at least 4 members (excludes halogenated alkanes) is 2. The quantitative estimate of drug-likeness (QED) is 0.227. The zero-order valence-electron chi connectivity index (χ0n) is 18.0. The third-order valence-electron chi connectivity index (χ3n) is 5.48. The van der Waals surface area contributed by atoms with Crippen molar-refractivity contribution in [3.8, 4) is 0 Å². The first-order chi connectivity index (χ1) is 14.8. The summed E-state index contributed by atoms with van der Waals surface area (Å²) < 4.78 is 0. The summed E-state index contributed by atoms with van der Waals surface area (Å²) >= 11 is 0. The number of anilines is 3. The summed E-state index contributed by atoms with van der Waals surface area (Å²) in [5.41, 5.74) is 11.1. The molecule has 0 spiro atoms. The molecule has 5 atom stereocenters. The highest BCUT2D eigenvalue weighted by Crippen LogP contribution is 2.36. The molecule has 0 aliphatic heterocycles. The van der Waals surface area contributed by atoms with Gasteiger partial charge in [0.1, 0.15) is 11.6 Å². The number of nitrogen functional groups attached to an aromatic ring is 2. The van der Waals surface area contributed by atoms with Crippen LogP contribution in [0, 0.1) is 11.8 Å². The Morgan fingerprint density at radius 2 is 2.03 bits per heavy atom. The van der Waals surface area contributed by atoms with Gasteiger partial charge >= 0.3 is 0 Å². The first-order valence-electron chi connectivity index (χ1n) is 10.9. The lowest BCUT2D eigenvalue weighted by molar-refractivity contribution is -0.115. The minimum Gasteiger partial charge on any atom is -0.393 e. The molecule has 172 valence electrons. The van der Waals surface area contributed by atoms with Gasteiger partial charge in [-0.05, 0) is 18.8 Å². The fourth-order valence-electron chi connectivity index (χ4n) is 3.85. The van der Waals surface area contributed by atoms with E-state index < -0.39 is 18.3 Å². The van der Waals surface area contributed by atoms with Gasteiger partial charge in [0.15, 0.2) is 0 Å². The van der Waals surface area contributed by atoms with E-state index in [0.717, 1.165) is 19.3 Å². The number of carbonyl (C=O) groups is 1. The Kier molecular flexibility index (Phi) is 9.90. The lowest BCUT2D eigenvalue weighted by atomic mass is 9.89.